The van der Waals surface area contributed by atoms with Crippen molar-refractivity contribution in [1.29, 1.82) is 0 Å². The van der Waals surface area contributed by atoms with Gasteiger partial charge in [-0.15, -0.1) is 5.10 Å². The predicted octanol–water partition coefficient (Wildman–Crippen LogP) is -1.42. The number of rotatable bonds is 7. The molecule has 7 nitrogen and oxygen atoms in total. The van der Waals surface area contributed by atoms with Crippen molar-refractivity contribution in [3.05, 3.63) is 12.4 Å². The van der Waals surface area contributed by atoms with Gasteiger partial charge in [-0.25, -0.2) is 13.1 Å². The molecule has 0 fully saturated rings. The molecule has 0 aromatic carbocycles. The van der Waals surface area contributed by atoms with Crippen molar-refractivity contribution in [2.24, 2.45) is 0 Å². The van der Waals surface area contributed by atoms with Gasteiger partial charge in [0.1, 0.15) is 0 Å². The van der Waals surface area contributed by atoms with E-state index in [1.165, 1.54) is 10.9 Å². The molecule has 0 saturated carbocycles. The molecule has 1 rings (SSSR count). The molecule has 0 aliphatic carbocycles. The molecule has 1 heterocycles. The minimum absolute atomic E-state index is 0.0547. The van der Waals surface area contributed by atoms with Gasteiger partial charge >= 0.3 is 0 Å². The summed E-state index contributed by atoms with van der Waals surface area (Å²) in [4.78, 5) is 0. The van der Waals surface area contributed by atoms with E-state index in [1.54, 1.807) is 6.20 Å². The summed E-state index contributed by atoms with van der Waals surface area (Å²) in [5.41, 5.74) is 0. The molecule has 8 heteroatoms. The van der Waals surface area contributed by atoms with Crippen molar-refractivity contribution in [3.8, 4) is 0 Å². The number of hydrogen-bond acceptors (Lipinski definition) is 5. The largest absolute Gasteiger partial charge is 0.396 e. The lowest BCUT2D eigenvalue weighted by atomic mass is 10.5. The van der Waals surface area contributed by atoms with Crippen molar-refractivity contribution in [3.63, 3.8) is 0 Å². The van der Waals surface area contributed by atoms with Crippen LogP contribution in [0.1, 0.15) is 6.42 Å². The molecule has 2 N–H and O–H groups in total. The number of sulfonamides is 1. The Kier molecular flexibility index (Phi) is 4.66. The summed E-state index contributed by atoms with van der Waals surface area (Å²) in [7, 11) is -3.27. The van der Waals surface area contributed by atoms with Gasteiger partial charge in [-0.05, 0) is 6.42 Å². The minimum atomic E-state index is -3.27. The van der Waals surface area contributed by atoms with Crippen LogP contribution in [0.5, 0.6) is 0 Å². The highest BCUT2D eigenvalue weighted by molar-refractivity contribution is 7.89. The molecule has 86 valence electrons. The summed E-state index contributed by atoms with van der Waals surface area (Å²) in [6, 6.07) is 0. The Balaban J connectivity index is 2.24. The molecular formula is C7H14N4O3S. The van der Waals surface area contributed by atoms with Crippen LogP contribution in [0, 0.1) is 0 Å². The highest BCUT2D eigenvalue weighted by Crippen LogP contribution is 1.88. The molecule has 0 spiro atoms. The van der Waals surface area contributed by atoms with Crippen molar-refractivity contribution in [1.82, 2.24) is 19.7 Å². The molecule has 1 aromatic heterocycles. The van der Waals surface area contributed by atoms with Crippen LogP contribution in [-0.4, -0.2) is 47.4 Å². The van der Waals surface area contributed by atoms with Crippen LogP contribution >= 0.6 is 0 Å². The highest BCUT2D eigenvalue weighted by Gasteiger charge is 2.08. The maximum absolute atomic E-state index is 11.3. The van der Waals surface area contributed by atoms with E-state index in [-0.39, 0.29) is 25.3 Å². The van der Waals surface area contributed by atoms with E-state index < -0.39 is 10.0 Å². The van der Waals surface area contributed by atoms with E-state index in [9.17, 15) is 8.42 Å². The molecule has 0 unspecified atom stereocenters. The Morgan fingerprint density at radius 2 is 2.27 bits per heavy atom. The third-order valence-corrected chi connectivity index (χ3v) is 3.18. The second-order valence-corrected chi connectivity index (χ2v) is 4.88. The number of hydrogen-bond donors (Lipinski definition) is 2. The van der Waals surface area contributed by atoms with Crippen molar-refractivity contribution >= 4 is 10.0 Å². The molecule has 1 aromatic rings. The molecule has 15 heavy (non-hydrogen) atoms. The monoisotopic (exact) mass is 234 g/mol. The maximum Gasteiger partial charge on any atom is 0.211 e. The summed E-state index contributed by atoms with van der Waals surface area (Å²) in [6.07, 6.45) is 3.43. The second-order valence-electron chi connectivity index (χ2n) is 2.96. The fourth-order valence-corrected chi connectivity index (χ4v) is 2.05. The lowest BCUT2D eigenvalue weighted by Gasteiger charge is -2.05. The van der Waals surface area contributed by atoms with Crippen molar-refractivity contribution in [2.75, 3.05) is 18.9 Å². The first kappa shape index (κ1) is 12.1. The summed E-state index contributed by atoms with van der Waals surface area (Å²) < 4.78 is 26.4. The van der Waals surface area contributed by atoms with Crippen LogP contribution in [0.4, 0.5) is 0 Å². The number of nitrogens with zero attached hydrogens (tertiary/aromatic N) is 3. The lowest BCUT2D eigenvalue weighted by molar-refractivity contribution is 0.295. The third-order valence-electron chi connectivity index (χ3n) is 1.71. The molecule has 0 aliphatic heterocycles. The Hall–Kier alpha value is -0.990. The maximum atomic E-state index is 11.3. The highest BCUT2D eigenvalue weighted by atomic mass is 32.2. The van der Waals surface area contributed by atoms with Crippen molar-refractivity contribution in [2.45, 2.75) is 13.0 Å². The van der Waals surface area contributed by atoms with Gasteiger partial charge in [0.05, 0.1) is 18.5 Å². The number of nitrogens with one attached hydrogen (secondary N) is 1. The van der Waals surface area contributed by atoms with E-state index in [4.69, 9.17) is 5.11 Å². The number of aliphatic hydroxyl groups is 1. The van der Waals surface area contributed by atoms with E-state index in [0.717, 1.165) is 0 Å². The van der Waals surface area contributed by atoms with E-state index in [2.05, 4.69) is 15.0 Å². The smallest absolute Gasteiger partial charge is 0.211 e. The Morgan fingerprint density at radius 1 is 1.47 bits per heavy atom. The first-order valence-electron chi connectivity index (χ1n) is 4.56. The fraction of sp³-hybridized carbons (Fsp3) is 0.714. The van der Waals surface area contributed by atoms with Gasteiger partial charge < -0.3 is 5.11 Å². The Labute approximate surface area is 88.2 Å². The van der Waals surface area contributed by atoms with E-state index in [0.29, 0.717) is 6.54 Å². The molecule has 0 bridgehead atoms. The zero-order chi connectivity index (χ0) is 11.1. The first-order chi connectivity index (χ1) is 7.14. The van der Waals surface area contributed by atoms with Crippen LogP contribution in [0.3, 0.4) is 0 Å². The molecule has 0 amide bonds. The average molecular weight is 234 g/mol. The van der Waals surface area contributed by atoms with Gasteiger partial charge in [0.15, 0.2) is 0 Å². The molecular weight excluding hydrogens is 220 g/mol. The van der Waals surface area contributed by atoms with Crippen LogP contribution in [0.25, 0.3) is 0 Å². The van der Waals surface area contributed by atoms with Crippen LogP contribution in [-0.2, 0) is 16.6 Å². The average Bonchev–Trinajstić information content (AvgIpc) is 2.67. The van der Waals surface area contributed by atoms with Crippen molar-refractivity contribution < 1.29 is 13.5 Å². The summed E-state index contributed by atoms with van der Waals surface area (Å²) in [5, 5.41) is 15.8. The summed E-state index contributed by atoms with van der Waals surface area (Å²) in [6.45, 7) is 0.597. The standard InChI is InChI=1S/C7H14N4O3S/c12-6-1-7-15(13,14)9-3-5-11-4-2-8-10-11/h2,4,9,12H,1,3,5-7H2. The topological polar surface area (TPSA) is 97.1 Å². The van der Waals surface area contributed by atoms with Gasteiger partial charge in [-0.3, -0.25) is 4.68 Å². The normalized spacial score (nSPS) is 11.8. The molecule has 0 atom stereocenters. The quantitative estimate of drug-likeness (QED) is 0.603. The lowest BCUT2D eigenvalue weighted by Crippen LogP contribution is -2.30. The van der Waals surface area contributed by atoms with Gasteiger partial charge in [0, 0.05) is 19.3 Å². The third kappa shape index (κ3) is 4.86. The minimum Gasteiger partial charge on any atom is -0.396 e. The van der Waals surface area contributed by atoms with Gasteiger partial charge in [0.2, 0.25) is 10.0 Å². The van der Waals surface area contributed by atoms with E-state index in [1.807, 2.05) is 0 Å². The zero-order valence-corrected chi connectivity index (χ0v) is 9.02. The Bertz CT molecular complexity index is 362. The predicted molar refractivity (Wildman–Crippen MR) is 53.5 cm³/mol. The summed E-state index contributed by atoms with van der Waals surface area (Å²) in [5.74, 6) is -0.0547. The Morgan fingerprint density at radius 3 is 2.87 bits per heavy atom. The number of aliphatic hydroxyl groups excluding tert-OH is 1. The van der Waals surface area contributed by atoms with Crippen LogP contribution < -0.4 is 4.72 Å². The van der Waals surface area contributed by atoms with Gasteiger partial charge in [0.25, 0.3) is 0 Å². The molecule has 0 aliphatic rings. The first-order valence-corrected chi connectivity index (χ1v) is 6.21. The molecule has 0 saturated heterocycles. The van der Waals surface area contributed by atoms with Crippen LogP contribution in [0.15, 0.2) is 12.4 Å². The fourth-order valence-electron chi connectivity index (χ4n) is 0.994. The zero-order valence-electron chi connectivity index (χ0n) is 8.20. The summed E-state index contributed by atoms with van der Waals surface area (Å²) >= 11 is 0. The second kappa shape index (κ2) is 5.79. The van der Waals surface area contributed by atoms with Gasteiger partial charge in [-0.2, -0.15) is 0 Å². The van der Waals surface area contributed by atoms with Crippen LogP contribution in [0.2, 0.25) is 0 Å². The van der Waals surface area contributed by atoms with Gasteiger partial charge in [-0.1, -0.05) is 5.21 Å². The molecule has 0 radical (unpaired) electrons. The van der Waals surface area contributed by atoms with E-state index >= 15 is 0 Å². The number of aromatic nitrogens is 3. The SMILES string of the molecule is O=S(=O)(CCCO)NCCn1ccnn1.